The topological polar surface area (TPSA) is 76.5 Å². The molecule has 1 unspecified atom stereocenters. The van der Waals surface area contributed by atoms with Crippen LogP contribution in [0.4, 0.5) is 18.0 Å². The number of urea groups is 1. The Morgan fingerprint density at radius 2 is 1.81 bits per heavy atom. The SMILES string of the molecule is COc1ccc2cc(C3(C)NC(=O)N(Cc4cnn(C)c4C(F)(F)F)C3=O)ccc2c1. The van der Waals surface area contributed by atoms with E-state index in [0.29, 0.717) is 16.0 Å². The molecule has 1 aliphatic heterocycles. The molecule has 3 amide bonds. The average molecular weight is 432 g/mol. The molecule has 1 aliphatic rings. The minimum absolute atomic E-state index is 0.256. The number of aromatic nitrogens is 2. The maximum atomic E-state index is 13.4. The third-order valence-electron chi connectivity index (χ3n) is 5.51. The predicted octanol–water partition coefficient (Wildman–Crippen LogP) is 3.57. The first-order valence-corrected chi connectivity index (χ1v) is 9.35. The van der Waals surface area contributed by atoms with Crippen molar-refractivity contribution >= 4 is 22.7 Å². The number of nitrogens with zero attached hydrogens (tertiary/aromatic N) is 3. The second-order valence-corrected chi connectivity index (χ2v) is 7.51. The second-order valence-electron chi connectivity index (χ2n) is 7.51. The minimum Gasteiger partial charge on any atom is -0.497 e. The molecular formula is C21H19F3N4O3. The summed E-state index contributed by atoms with van der Waals surface area (Å²) in [4.78, 5) is 26.5. The van der Waals surface area contributed by atoms with Crippen LogP contribution >= 0.6 is 0 Å². The number of alkyl halides is 3. The van der Waals surface area contributed by atoms with Gasteiger partial charge in [0.05, 0.1) is 19.9 Å². The molecule has 1 aromatic heterocycles. The minimum atomic E-state index is -4.66. The highest BCUT2D eigenvalue weighted by atomic mass is 19.4. The van der Waals surface area contributed by atoms with Gasteiger partial charge in [-0.15, -0.1) is 0 Å². The van der Waals surface area contributed by atoms with Gasteiger partial charge in [0.25, 0.3) is 5.91 Å². The molecule has 4 rings (SSSR count). The molecule has 0 aliphatic carbocycles. The molecule has 31 heavy (non-hydrogen) atoms. The van der Waals surface area contributed by atoms with E-state index in [2.05, 4.69) is 10.4 Å². The Hall–Kier alpha value is -3.56. The van der Waals surface area contributed by atoms with Crippen molar-refractivity contribution in [1.82, 2.24) is 20.0 Å². The number of methoxy groups -OCH3 is 1. The highest BCUT2D eigenvalue weighted by Crippen LogP contribution is 2.35. The van der Waals surface area contributed by atoms with Gasteiger partial charge < -0.3 is 10.1 Å². The molecule has 1 N–H and O–H groups in total. The predicted molar refractivity (Wildman–Crippen MR) is 105 cm³/mol. The van der Waals surface area contributed by atoms with Gasteiger partial charge in [0.1, 0.15) is 17.0 Å². The van der Waals surface area contributed by atoms with Gasteiger partial charge in [-0.3, -0.25) is 14.4 Å². The number of carbonyl (C=O) groups excluding carboxylic acids is 2. The van der Waals surface area contributed by atoms with Crippen LogP contribution in [0.1, 0.15) is 23.7 Å². The summed E-state index contributed by atoms with van der Waals surface area (Å²) in [5, 5.41) is 7.96. The monoisotopic (exact) mass is 432 g/mol. The summed E-state index contributed by atoms with van der Waals surface area (Å²) in [5.74, 6) is 0.0437. The fourth-order valence-corrected chi connectivity index (χ4v) is 3.83. The lowest BCUT2D eigenvalue weighted by atomic mass is 9.90. The number of hydrogen-bond acceptors (Lipinski definition) is 4. The zero-order valence-corrected chi connectivity index (χ0v) is 16.9. The number of amides is 3. The van der Waals surface area contributed by atoms with Crippen LogP contribution in [0.3, 0.4) is 0 Å². The maximum absolute atomic E-state index is 13.4. The Labute approximate surface area is 175 Å². The van der Waals surface area contributed by atoms with Crippen molar-refractivity contribution in [1.29, 1.82) is 0 Å². The van der Waals surface area contributed by atoms with Crippen molar-refractivity contribution in [2.24, 2.45) is 7.05 Å². The van der Waals surface area contributed by atoms with E-state index in [9.17, 15) is 22.8 Å². The Bertz CT molecular complexity index is 1200. The molecule has 1 saturated heterocycles. The van der Waals surface area contributed by atoms with Crippen LogP contribution in [0, 0.1) is 0 Å². The van der Waals surface area contributed by atoms with Gasteiger partial charge in [0.15, 0.2) is 0 Å². The van der Waals surface area contributed by atoms with Gasteiger partial charge in [-0.25, -0.2) is 4.79 Å². The van der Waals surface area contributed by atoms with Crippen molar-refractivity contribution in [3.05, 3.63) is 59.4 Å². The molecule has 2 aromatic carbocycles. The summed E-state index contributed by atoms with van der Waals surface area (Å²) >= 11 is 0. The summed E-state index contributed by atoms with van der Waals surface area (Å²) in [7, 11) is 2.72. The van der Waals surface area contributed by atoms with Gasteiger partial charge in [-0.2, -0.15) is 18.3 Å². The molecule has 1 atom stereocenters. The highest BCUT2D eigenvalue weighted by molar-refractivity contribution is 6.07. The van der Waals surface area contributed by atoms with E-state index in [-0.39, 0.29) is 5.56 Å². The highest BCUT2D eigenvalue weighted by Gasteiger charge is 2.50. The number of hydrogen-bond donors (Lipinski definition) is 1. The first kappa shape index (κ1) is 20.7. The number of imide groups is 1. The fourth-order valence-electron chi connectivity index (χ4n) is 3.83. The molecular weight excluding hydrogens is 413 g/mol. The van der Waals surface area contributed by atoms with Gasteiger partial charge in [-0.05, 0) is 41.5 Å². The number of fused-ring (bicyclic) bond motifs is 1. The van der Waals surface area contributed by atoms with Crippen molar-refractivity contribution in [2.75, 3.05) is 7.11 Å². The largest absolute Gasteiger partial charge is 0.497 e. The lowest BCUT2D eigenvalue weighted by Crippen LogP contribution is -2.40. The third kappa shape index (κ3) is 3.37. The van der Waals surface area contributed by atoms with Crippen molar-refractivity contribution in [3.8, 4) is 5.75 Å². The standard InChI is InChI=1S/C21H19F3N4O3/c1-20(15-6-4-13-9-16(31-3)7-5-12(13)8-15)18(29)28(19(30)26-20)11-14-10-25-27(2)17(14)21(22,23)24/h4-10H,11H2,1-3H3,(H,26,30). The Morgan fingerprint density at radius 1 is 1.13 bits per heavy atom. The quantitative estimate of drug-likeness (QED) is 0.640. The summed E-state index contributed by atoms with van der Waals surface area (Å²) in [6, 6.07) is 9.94. The van der Waals surface area contributed by atoms with Crippen LogP contribution in [0.2, 0.25) is 0 Å². The van der Waals surface area contributed by atoms with Gasteiger partial charge >= 0.3 is 12.2 Å². The molecule has 0 saturated carbocycles. The van der Waals surface area contributed by atoms with Crippen LogP contribution in [0.25, 0.3) is 10.8 Å². The lowest BCUT2D eigenvalue weighted by Gasteiger charge is -2.23. The molecule has 0 radical (unpaired) electrons. The molecule has 162 valence electrons. The first-order valence-electron chi connectivity index (χ1n) is 9.35. The van der Waals surface area contributed by atoms with E-state index in [1.54, 1.807) is 31.4 Å². The average Bonchev–Trinajstić information content (AvgIpc) is 3.20. The van der Waals surface area contributed by atoms with Crippen LogP contribution in [-0.2, 0) is 30.1 Å². The Kier molecular flexibility index (Phi) is 4.68. The van der Waals surface area contributed by atoms with Crippen molar-refractivity contribution in [3.63, 3.8) is 0 Å². The Balaban J connectivity index is 1.67. The molecule has 3 aromatic rings. The molecule has 10 heteroatoms. The van der Waals surface area contributed by atoms with Crippen molar-refractivity contribution in [2.45, 2.75) is 25.2 Å². The number of halogens is 3. The molecule has 0 bridgehead atoms. The normalized spacial score (nSPS) is 19.2. The second kappa shape index (κ2) is 7.00. The first-order chi connectivity index (χ1) is 14.5. The molecule has 2 heterocycles. The number of ether oxygens (including phenoxy) is 1. The molecule has 0 spiro atoms. The number of benzene rings is 2. The van der Waals surface area contributed by atoms with Crippen LogP contribution in [-0.4, -0.2) is 33.7 Å². The zero-order chi connectivity index (χ0) is 22.6. The van der Waals surface area contributed by atoms with Gasteiger partial charge in [0.2, 0.25) is 0 Å². The van der Waals surface area contributed by atoms with E-state index in [1.165, 1.54) is 6.92 Å². The zero-order valence-electron chi connectivity index (χ0n) is 16.9. The maximum Gasteiger partial charge on any atom is 0.433 e. The Morgan fingerprint density at radius 3 is 2.48 bits per heavy atom. The summed E-state index contributed by atoms with van der Waals surface area (Å²) in [6.07, 6.45) is -3.65. The van der Waals surface area contributed by atoms with Gasteiger partial charge in [0, 0.05) is 12.6 Å². The van der Waals surface area contributed by atoms with E-state index in [0.717, 1.165) is 28.9 Å². The number of carbonyl (C=O) groups is 2. The van der Waals surface area contributed by atoms with Crippen LogP contribution in [0.5, 0.6) is 5.75 Å². The third-order valence-corrected chi connectivity index (χ3v) is 5.51. The van der Waals surface area contributed by atoms with Crippen molar-refractivity contribution < 1.29 is 27.5 Å². The van der Waals surface area contributed by atoms with Crippen LogP contribution in [0.15, 0.2) is 42.6 Å². The summed E-state index contributed by atoms with van der Waals surface area (Å²) < 4.78 is 46.0. The van der Waals surface area contributed by atoms with E-state index in [4.69, 9.17) is 4.74 Å². The smallest absolute Gasteiger partial charge is 0.433 e. The summed E-state index contributed by atoms with van der Waals surface area (Å²) in [5.41, 5.74) is -2.14. The number of nitrogens with one attached hydrogen (secondary N) is 1. The van der Waals surface area contributed by atoms with E-state index in [1.807, 2.05) is 12.1 Å². The van der Waals surface area contributed by atoms with E-state index < -0.39 is 35.9 Å². The lowest BCUT2D eigenvalue weighted by molar-refractivity contribution is -0.145. The fraction of sp³-hybridized carbons (Fsp3) is 0.286. The van der Waals surface area contributed by atoms with Gasteiger partial charge in [-0.1, -0.05) is 18.2 Å². The number of rotatable bonds is 4. The van der Waals surface area contributed by atoms with Crippen LogP contribution < -0.4 is 10.1 Å². The summed E-state index contributed by atoms with van der Waals surface area (Å²) in [6.45, 7) is 1.000. The molecule has 7 nitrogen and oxygen atoms in total. The number of aryl methyl sites for hydroxylation is 1. The molecule has 1 fully saturated rings. The van der Waals surface area contributed by atoms with E-state index >= 15 is 0 Å².